The quantitative estimate of drug-likeness (QED) is 0.235. The van der Waals surface area contributed by atoms with Crippen LogP contribution in [0.4, 0.5) is 8.78 Å². The summed E-state index contributed by atoms with van der Waals surface area (Å²) in [6, 6.07) is 17.2. The van der Waals surface area contributed by atoms with Gasteiger partial charge in [0.1, 0.15) is 17.9 Å². The molecule has 0 aliphatic rings. The molecule has 3 aromatic rings. The first kappa shape index (κ1) is 21.0. The second-order valence-corrected chi connectivity index (χ2v) is 8.13. The minimum atomic E-state index is -0.580. The number of hydrogen-bond donors (Lipinski definition) is 0. The summed E-state index contributed by atoms with van der Waals surface area (Å²) in [5, 5.41) is 0. The van der Waals surface area contributed by atoms with Gasteiger partial charge in [0.25, 0.3) is 0 Å². The SMILES string of the molecule is Cc1ccc(/C=C(\CCSc2ccc(C=O)cc2)c2cc(F)cc(F)c2)cc1C. The molecule has 0 heterocycles. The highest BCUT2D eigenvalue weighted by atomic mass is 32.2. The number of allylic oxidation sites excluding steroid dienone is 1. The molecule has 3 aromatic carbocycles. The van der Waals surface area contributed by atoms with Crippen LogP contribution < -0.4 is 0 Å². The summed E-state index contributed by atoms with van der Waals surface area (Å²) in [4.78, 5) is 11.8. The van der Waals surface area contributed by atoms with Crippen LogP contribution in [-0.4, -0.2) is 12.0 Å². The summed E-state index contributed by atoms with van der Waals surface area (Å²) < 4.78 is 27.6. The fourth-order valence-corrected chi connectivity index (χ4v) is 3.90. The van der Waals surface area contributed by atoms with Crippen LogP contribution >= 0.6 is 11.8 Å². The predicted molar refractivity (Wildman–Crippen MR) is 117 cm³/mol. The molecule has 0 N–H and O–H groups in total. The normalized spacial score (nSPS) is 11.5. The van der Waals surface area contributed by atoms with Crippen molar-refractivity contribution in [3.05, 3.63) is 100 Å². The van der Waals surface area contributed by atoms with Crippen LogP contribution in [-0.2, 0) is 0 Å². The van der Waals surface area contributed by atoms with Crippen molar-refractivity contribution in [2.75, 3.05) is 5.75 Å². The van der Waals surface area contributed by atoms with Gasteiger partial charge in [0.15, 0.2) is 0 Å². The number of carbonyl (C=O) groups excluding carboxylic acids is 1. The number of halogens is 2. The van der Waals surface area contributed by atoms with Gasteiger partial charge >= 0.3 is 0 Å². The van der Waals surface area contributed by atoms with E-state index in [2.05, 4.69) is 13.0 Å². The van der Waals surface area contributed by atoms with E-state index in [1.165, 1.54) is 23.3 Å². The number of hydrogen-bond acceptors (Lipinski definition) is 2. The van der Waals surface area contributed by atoms with Crippen molar-refractivity contribution in [2.24, 2.45) is 0 Å². The molecule has 0 atom stereocenters. The summed E-state index contributed by atoms with van der Waals surface area (Å²) >= 11 is 1.64. The van der Waals surface area contributed by atoms with E-state index in [0.717, 1.165) is 34.1 Å². The predicted octanol–water partition coefficient (Wildman–Crippen LogP) is 7.12. The van der Waals surface area contributed by atoms with E-state index in [4.69, 9.17) is 0 Å². The molecule has 29 heavy (non-hydrogen) atoms. The molecule has 0 aliphatic heterocycles. The molecule has 0 aliphatic carbocycles. The minimum Gasteiger partial charge on any atom is -0.298 e. The second kappa shape index (κ2) is 9.66. The Kier molecular flexibility index (Phi) is 6.99. The van der Waals surface area contributed by atoms with Crippen LogP contribution in [0.1, 0.15) is 39.0 Å². The van der Waals surface area contributed by atoms with Gasteiger partial charge in [0.05, 0.1) is 0 Å². The second-order valence-electron chi connectivity index (χ2n) is 6.96. The van der Waals surface area contributed by atoms with Crippen LogP contribution in [0.5, 0.6) is 0 Å². The molecule has 4 heteroatoms. The van der Waals surface area contributed by atoms with Gasteiger partial charge in [0.2, 0.25) is 0 Å². The van der Waals surface area contributed by atoms with Crippen molar-refractivity contribution in [3.8, 4) is 0 Å². The Morgan fingerprint density at radius 2 is 1.52 bits per heavy atom. The largest absolute Gasteiger partial charge is 0.298 e. The molecule has 0 saturated heterocycles. The third kappa shape index (κ3) is 5.88. The summed E-state index contributed by atoms with van der Waals surface area (Å²) in [7, 11) is 0. The summed E-state index contributed by atoms with van der Waals surface area (Å²) in [6.45, 7) is 4.10. The Morgan fingerprint density at radius 1 is 0.862 bits per heavy atom. The zero-order valence-electron chi connectivity index (χ0n) is 16.4. The number of rotatable bonds is 7. The van der Waals surface area contributed by atoms with Gasteiger partial charge in [-0.05, 0) is 72.4 Å². The van der Waals surface area contributed by atoms with Crippen LogP contribution in [0, 0.1) is 25.5 Å². The average Bonchev–Trinajstić information content (AvgIpc) is 2.69. The first-order valence-electron chi connectivity index (χ1n) is 9.37. The molecule has 0 aromatic heterocycles. The molecule has 0 saturated carbocycles. The molecule has 0 unspecified atom stereocenters. The van der Waals surface area contributed by atoms with E-state index < -0.39 is 11.6 Å². The van der Waals surface area contributed by atoms with Crippen molar-refractivity contribution >= 4 is 29.7 Å². The van der Waals surface area contributed by atoms with Crippen LogP contribution in [0.15, 0.2) is 65.6 Å². The molecule has 148 valence electrons. The molecule has 0 fully saturated rings. The highest BCUT2D eigenvalue weighted by Gasteiger charge is 2.08. The van der Waals surface area contributed by atoms with Crippen LogP contribution in [0.25, 0.3) is 11.6 Å². The van der Waals surface area contributed by atoms with E-state index >= 15 is 0 Å². The van der Waals surface area contributed by atoms with Crippen molar-refractivity contribution in [1.82, 2.24) is 0 Å². The van der Waals surface area contributed by atoms with Crippen molar-refractivity contribution in [3.63, 3.8) is 0 Å². The van der Waals surface area contributed by atoms with E-state index in [1.807, 2.05) is 37.3 Å². The van der Waals surface area contributed by atoms with E-state index in [1.54, 1.807) is 23.9 Å². The van der Waals surface area contributed by atoms with E-state index in [9.17, 15) is 13.6 Å². The maximum absolute atomic E-state index is 13.8. The van der Waals surface area contributed by atoms with E-state index in [0.29, 0.717) is 17.5 Å². The van der Waals surface area contributed by atoms with Crippen LogP contribution in [0.2, 0.25) is 0 Å². The third-order valence-electron chi connectivity index (χ3n) is 4.76. The smallest absolute Gasteiger partial charge is 0.150 e. The van der Waals surface area contributed by atoms with E-state index in [-0.39, 0.29) is 0 Å². The first-order valence-corrected chi connectivity index (χ1v) is 10.4. The molecule has 0 radical (unpaired) electrons. The molecule has 0 spiro atoms. The third-order valence-corrected chi connectivity index (χ3v) is 5.78. The Labute approximate surface area is 174 Å². The fourth-order valence-electron chi connectivity index (χ4n) is 3.02. The van der Waals surface area contributed by atoms with Gasteiger partial charge in [-0.15, -0.1) is 11.8 Å². The molecule has 3 rings (SSSR count). The Morgan fingerprint density at radius 3 is 2.14 bits per heavy atom. The van der Waals surface area contributed by atoms with Crippen molar-refractivity contribution < 1.29 is 13.6 Å². The van der Waals surface area contributed by atoms with Crippen molar-refractivity contribution in [1.29, 1.82) is 0 Å². The molecular weight excluding hydrogens is 386 g/mol. The van der Waals surface area contributed by atoms with Gasteiger partial charge in [-0.25, -0.2) is 8.78 Å². The lowest BCUT2D eigenvalue weighted by Gasteiger charge is -2.10. The number of aryl methyl sites for hydroxylation is 2. The number of benzene rings is 3. The topological polar surface area (TPSA) is 17.1 Å². The maximum atomic E-state index is 13.8. The molecular formula is C25H22F2OS. The van der Waals surface area contributed by atoms with Crippen LogP contribution in [0.3, 0.4) is 0 Å². The number of thioether (sulfide) groups is 1. The Hall–Kier alpha value is -2.72. The summed E-state index contributed by atoms with van der Waals surface area (Å²) in [5.74, 6) is -0.416. The van der Waals surface area contributed by atoms with Crippen molar-refractivity contribution in [2.45, 2.75) is 25.2 Å². The fraction of sp³-hybridized carbons (Fsp3) is 0.160. The van der Waals surface area contributed by atoms with Gasteiger partial charge in [-0.2, -0.15) is 0 Å². The number of aldehydes is 1. The Balaban J connectivity index is 1.84. The van der Waals surface area contributed by atoms with Gasteiger partial charge in [0, 0.05) is 22.3 Å². The van der Waals surface area contributed by atoms with Gasteiger partial charge in [-0.3, -0.25) is 4.79 Å². The molecule has 0 bridgehead atoms. The van der Waals surface area contributed by atoms with Gasteiger partial charge < -0.3 is 0 Å². The van der Waals surface area contributed by atoms with Gasteiger partial charge in [-0.1, -0.05) is 36.4 Å². The lowest BCUT2D eigenvalue weighted by atomic mass is 9.98. The standard InChI is InChI=1S/C25H22F2OS/c1-17-3-4-20(11-18(17)2)12-21(22-13-23(26)15-24(27)14-22)9-10-29-25-7-5-19(16-28)6-8-25/h3-8,11-16H,9-10H2,1-2H3/b21-12+. The molecule has 1 nitrogen and oxygen atoms in total. The lowest BCUT2D eigenvalue weighted by Crippen LogP contribution is -1.92. The zero-order chi connectivity index (χ0) is 20.8. The highest BCUT2D eigenvalue weighted by Crippen LogP contribution is 2.28. The first-order chi connectivity index (χ1) is 13.9. The lowest BCUT2D eigenvalue weighted by molar-refractivity contribution is 0.112. The Bertz CT molecular complexity index is 1020. The summed E-state index contributed by atoms with van der Waals surface area (Å²) in [6.07, 6.45) is 3.46. The summed E-state index contributed by atoms with van der Waals surface area (Å²) in [5.41, 5.74) is 5.46. The highest BCUT2D eigenvalue weighted by molar-refractivity contribution is 7.99. The molecule has 0 amide bonds. The monoisotopic (exact) mass is 408 g/mol. The average molecular weight is 409 g/mol. The maximum Gasteiger partial charge on any atom is 0.150 e. The zero-order valence-corrected chi connectivity index (χ0v) is 17.2. The minimum absolute atomic E-state index is 0.553. The number of carbonyl (C=O) groups is 1.